The maximum absolute atomic E-state index is 16.2. The van der Waals surface area contributed by atoms with Gasteiger partial charge in [0.15, 0.2) is 11.5 Å². The highest BCUT2D eigenvalue weighted by Crippen LogP contribution is 2.38. The van der Waals surface area contributed by atoms with Crippen molar-refractivity contribution in [3.63, 3.8) is 0 Å². The number of carbonyl (C=O) groups is 1. The number of phenolic OH excluding ortho intramolecular Hbond substituents is 1. The molecule has 256 valence electrons. The van der Waals surface area contributed by atoms with Gasteiger partial charge in [0.25, 0.3) is 0 Å². The van der Waals surface area contributed by atoms with Crippen molar-refractivity contribution >= 4 is 22.9 Å². The van der Waals surface area contributed by atoms with Gasteiger partial charge in [-0.1, -0.05) is 26.0 Å². The number of rotatable bonds is 7. The lowest BCUT2D eigenvalue weighted by Gasteiger charge is -2.44. The molecule has 0 radical (unpaired) electrons. The van der Waals surface area contributed by atoms with Crippen LogP contribution in [0.1, 0.15) is 65.6 Å². The number of aryl methyl sites for hydroxylation is 1. The molecular formula is C35H43FN6O6. The van der Waals surface area contributed by atoms with E-state index in [0.29, 0.717) is 11.3 Å². The number of amides is 1. The Balaban J connectivity index is 1.78. The van der Waals surface area contributed by atoms with Crippen molar-refractivity contribution in [2.45, 2.75) is 79.0 Å². The van der Waals surface area contributed by atoms with Gasteiger partial charge < -0.3 is 29.5 Å². The smallest absolute Gasteiger partial charge is 0.410 e. The topological polar surface area (TPSA) is 143 Å². The first-order chi connectivity index (χ1) is 22.6. The molecule has 2 N–H and O–H groups in total. The zero-order chi connectivity index (χ0) is 35.1. The first-order valence-electron chi connectivity index (χ1n) is 16.0. The maximum Gasteiger partial charge on any atom is 0.410 e. The molecular weight excluding hydrogens is 619 g/mol. The van der Waals surface area contributed by atoms with Gasteiger partial charge in [-0.3, -0.25) is 4.98 Å². The fraction of sp³-hybridized carbons (Fsp3) is 0.457. The van der Waals surface area contributed by atoms with Crippen LogP contribution in [0, 0.1) is 12.7 Å². The number of hydrogen-bond acceptors (Lipinski definition) is 10. The first kappa shape index (κ1) is 34.6. The van der Waals surface area contributed by atoms with Crippen LogP contribution < -0.4 is 15.3 Å². The highest BCUT2D eigenvalue weighted by Gasteiger charge is 2.37. The van der Waals surface area contributed by atoms with Gasteiger partial charge in [0, 0.05) is 43.0 Å². The number of aromatic nitrogens is 4. The zero-order valence-corrected chi connectivity index (χ0v) is 28.6. The molecule has 0 spiro atoms. The van der Waals surface area contributed by atoms with Crippen LogP contribution in [0.3, 0.4) is 0 Å². The average molecular weight is 663 g/mol. The summed E-state index contributed by atoms with van der Waals surface area (Å²) in [6.45, 7) is 14.9. The summed E-state index contributed by atoms with van der Waals surface area (Å²) in [6, 6.07) is 7.13. The summed E-state index contributed by atoms with van der Waals surface area (Å²) < 4.78 is 29.0. The van der Waals surface area contributed by atoms with Crippen LogP contribution in [0.4, 0.5) is 15.0 Å². The summed E-state index contributed by atoms with van der Waals surface area (Å²) in [5.41, 5.74) is -0.0136. The number of pyridine rings is 2. The Bertz CT molecular complexity index is 1910. The predicted molar refractivity (Wildman–Crippen MR) is 181 cm³/mol. The van der Waals surface area contributed by atoms with E-state index in [1.165, 1.54) is 10.6 Å². The van der Waals surface area contributed by atoms with Gasteiger partial charge >= 0.3 is 11.8 Å². The molecule has 0 bridgehead atoms. The Morgan fingerprint density at radius 2 is 1.85 bits per heavy atom. The standard InChI is InChI=1S/C35H43FN6O6/c1-19(2)27-29(26(12-13-37-27)47-15-14-43)42-32-24(16-25(36)28(38-32)23-11-9-10-20(3)30(23)44)31(39-33(42)45)40-17-22(5)41(18-21(40)4)34(46)48-35(6,7)8/h9-13,16,19,21-22,43-44H,14-15,17-18H2,1-8H3/t21-,22+/m0/s1. The number of aliphatic hydroxyl groups excluding tert-OH is 1. The number of hydrogen-bond donors (Lipinski definition) is 2. The minimum atomic E-state index is -0.725. The molecule has 0 saturated carbocycles. The number of aliphatic hydroxyl groups is 1. The maximum atomic E-state index is 16.2. The largest absolute Gasteiger partial charge is 0.507 e. The Kier molecular flexibility index (Phi) is 9.63. The highest BCUT2D eigenvalue weighted by atomic mass is 19.1. The molecule has 1 aliphatic rings. The molecule has 12 nitrogen and oxygen atoms in total. The van der Waals surface area contributed by atoms with Gasteiger partial charge in [0.2, 0.25) is 0 Å². The molecule has 1 saturated heterocycles. The van der Waals surface area contributed by atoms with Crippen molar-refractivity contribution in [1.82, 2.24) is 24.4 Å². The molecule has 1 aliphatic heterocycles. The molecule has 0 unspecified atom stereocenters. The van der Waals surface area contributed by atoms with E-state index in [4.69, 9.17) is 14.5 Å². The van der Waals surface area contributed by atoms with Crippen molar-refractivity contribution in [2.24, 2.45) is 0 Å². The van der Waals surface area contributed by atoms with Gasteiger partial charge in [0.1, 0.15) is 40.9 Å². The number of aromatic hydroxyl groups is 1. The van der Waals surface area contributed by atoms with Gasteiger partial charge in [-0.15, -0.1) is 0 Å². The SMILES string of the molecule is Cc1cccc(-c2nc3c(cc2F)c(N2C[C@@H](C)N(C(=O)OC(C)(C)C)C[C@@H]2C)nc(=O)n3-c2c(OCCO)ccnc2C(C)C)c1O. The lowest BCUT2D eigenvalue weighted by Crippen LogP contribution is -2.59. The molecule has 4 aromatic rings. The molecule has 0 aliphatic carbocycles. The van der Waals surface area contributed by atoms with Crippen molar-refractivity contribution < 1.29 is 28.9 Å². The molecule has 1 fully saturated rings. The van der Waals surface area contributed by atoms with Crippen molar-refractivity contribution in [3.05, 3.63) is 64.1 Å². The molecule has 48 heavy (non-hydrogen) atoms. The normalized spacial score (nSPS) is 16.9. The molecule has 4 heterocycles. The Morgan fingerprint density at radius 3 is 2.52 bits per heavy atom. The van der Waals surface area contributed by atoms with E-state index < -0.39 is 23.2 Å². The number of para-hydroxylation sites is 1. The van der Waals surface area contributed by atoms with E-state index in [9.17, 15) is 19.8 Å². The third-order valence-corrected chi connectivity index (χ3v) is 8.22. The van der Waals surface area contributed by atoms with Crippen LogP contribution in [0.15, 0.2) is 41.3 Å². The quantitative estimate of drug-likeness (QED) is 0.267. The van der Waals surface area contributed by atoms with Gasteiger partial charge in [-0.2, -0.15) is 4.98 Å². The number of piperazine rings is 1. The summed E-state index contributed by atoms with van der Waals surface area (Å²) in [4.78, 5) is 44.7. The van der Waals surface area contributed by atoms with E-state index >= 15 is 4.39 Å². The highest BCUT2D eigenvalue weighted by molar-refractivity contribution is 5.91. The third kappa shape index (κ3) is 6.64. The summed E-state index contributed by atoms with van der Waals surface area (Å²) in [7, 11) is 0. The van der Waals surface area contributed by atoms with Crippen LogP contribution in [0.2, 0.25) is 0 Å². The Labute approximate surface area is 278 Å². The van der Waals surface area contributed by atoms with Crippen LogP contribution in [-0.2, 0) is 4.74 Å². The lowest BCUT2D eigenvalue weighted by molar-refractivity contribution is 0.0130. The molecule has 1 aromatic carbocycles. The van der Waals surface area contributed by atoms with Crippen molar-refractivity contribution in [2.75, 3.05) is 31.2 Å². The number of halogens is 1. The summed E-state index contributed by atoms with van der Waals surface area (Å²) in [5.74, 6) is -0.574. The van der Waals surface area contributed by atoms with Crippen LogP contribution in [0.5, 0.6) is 11.5 Å². The second-order valence-electron chi connectivity index (χ2n) is 13.5. The second kappa shape index (κ2) is 13.4. The third-order valence-electron chi connectivity index (χ3n) is 8.22. The van der Waals surface area contributed by atoms with E-state index in [2.05, 4.69) is 9.97 Å². The van der Waals surface area contributed by atoms with Crippen LogP contribution in [-0.4, -0.2) is 84.7 Å². The summed E-state index contributed by atoms with van der Waals surface area (Å²) in [6.07, 6.45) is 1.11. The van der Waals surface area contributed by atoms with Crippen LogP contribution in [0.25, 0.3) is 28.0 Å². The summed E-state index contributed by atoms with van der Waals surface area (Å²) >= 11 is 0. The molecule has 5 rings (SSSR count). The van der Waals surface area contributed by atoms with Gasteiger partial charge in [0.05, 0.1) is 17.7 Å². The number of nitrogens with zero attached hydrogens (tertiary/aromatic N) is 6. The fourth-order valence-corrected chi connectivity index (χ4v) is 5.93. The van der Waals surface area contributed by atoms with E-state index in [1.807, 2.05) is 32.6 Å². The van der Waals surface area contributed by atoms with Crippen LogP contribution >= 0.6 is 0 Å². The number of anilines is 1. The van der Waals surface area contributed by atoms with E-state index in [0.717, 1.165) is 0 Å². The Hall–Kier alpha value is -4.78. The number of fused-ring (bicyclic) bond motifs is 1. The molecule has 1 amide bonds. The summed E-state index contributed by atoms with van der Waals surface area (Å²) in [5, 5.41) is 20.7. The van der Waals surface area contributed by atoms with E-state index in [-0.39, 0.29) is 89.6 Å². The molecule has 2 atom stereocenters. The first-order valence-corrected chi connectivity index (χ1v) is 16.0. The number of ether oxygens (including phenoxy) is 2. The average Bonchev–Trinajstić information content (AvgIpc) is 3.01. The zero-order valence-electron chi connectivity index (χ0n) is 28.6. The minimum absolute atomic E-state index is 0.0471. The molecule has 13 heteroatoms. The second-order valence-corrected chi connectivity index (χ2v) is 13.5. The number of carbonyl (C=O) groups excluding carboxylic acids is 1. The van der Waals surface area contributed by atoms with Gasteiger partial charge in [-0.05, 0) is 65.2 Å². The minimum Gasteiger partial charge on any atom is -0.507 e. The fourth-order valence-electron chi connectivity index (χ4n) is 5.93. The monoisotopic (exact) mass is 662 g/mol. The van der Waals surface area contributed by atoms with Crippen molar-refractivity contribution in [3.8, 4) is 28.4 Å². The number of phenols is 1. The predicted octanol–water partition coefficient (Wildman–Crippen LogP) is 5.32. The lowest BCUT2D eigenvalue weighted by atomic mass is 10.0. The van der Waals surface area contributed by atoms with Gasteiger partial charge in [-0.25, -0.2) is 23.5 Å². The number of benzene rings is 1. The molecule has 3 aromatic heterocycles. The van der Waals surface area contributed by atoms with E-state index in [1.54, 1.807) is 63.1 Å². The Morgan fingerprint density at radius 1 is 1.12 bits per heavy atom. The van der Waals surface area contributed by atoms with Crippen molar-refractivity contribution in [1.29, 1.82) is 0 Å².